The Morgan fingerprint density at radius 2 is 1.56 bits per heavy atom. The van der Waals surface area contributed by atoms with Gasteiger partial charge in [-0.05, 0) is 6.92 Å². The predicted octanol–water partition coefficient (Wildman–Crippen LogP) is 3.18. The highest BCUT2D eigenvalue weighted by atomic mass is 16.1. The second-order valence-corrected chi connectivity index (χ2v) is 5.14. The van der Waals surface area contributed by atoms with E-state index in [1.54, 1.807) is 12.1 Å². The molecule has 0 saturated carbocycles. The normalized spacial score (nSPS) is 11.2. The SMILES string of the molecule is Cc1ccc(C(=O)CC(=O)C(C)(C)C)cc1. The van der Waals surface area contributed by atoms with E-state index in [1.807, 2.05) is 39.8 Å². The molecule has 0 fully saturated rings. The zero-order valence-corrected chi connectivity index (χ0v) is 10.3. The average molecular weight is 218 g/mol. The van der Waals surface area contributed by atoms with Gasteiger partial charge in [0.2, 0.25) is 0 Å². The number of benzene rings is 1. The van der Waals surface area contributed by atoms with Crippen LogP contribution in [0.15, 0.2) is 24.3 Å². The number of hydrogen-bond donors (Lipinski definition) is 0. The quantitative estimate of drug-likeness (QED) is 0.576. The summed E-state index contributed by atoms with van der Waals surface area (Å²) in [5.41, 5.74) is 1.28. The van der Waals surface area contributed by atoms with Gasteiger partial charge in [0.25, 0.3) is 0 Å². The summed E-state index contributed by atoms with van der Waals surface area (Å²) in [4.78, 5) is 23.5. The van der Waals surface area contributed by atoms with Crippen molar-refractivity contribution >= 4 is 11.6 Å². The molecule has 0 unspecified atom stereocenters. The molecular weight excluding hydrogens is 200 g/mol. The number of hydrogen-bond acceptors (Lipinski definition) is 2. The number of carbonyl (C=O) groups is 2. The van der Waals surface area contributed by atoms with Crippen LogP contribution in [0.25, 0.3) is 0 Å². The molecule has 0 atom stereocenters. The number of rotatable bonds is 3. The van der Waals surface area contributed by atoms with Crippen LogP contribution < -0.4 is 0 Å². The van der Waals surface area contributed by atoms with Gasteiger partial charge in [0.15, 0.2) is 5.78 Å². The van der Waals surface area contributed by atoms with Gasteiger partial charge in [-0.1, -0.05) is 50.6 Å². The smallest absolute Gasteiger partial charge is 0.170 e. The molecule has 0 amide bonds. The lowest BCUT2D eigenvalue weighted by Crippen LogP contribution is -2.23. The fourth-order valence-electron chi connectivity index (χ4n) is 1.25. The third-order valence-electron chi connectivity index (χ3n) is 2.53. The molecule has 1 aromatic carbocycles. The molecule has 0 spiro atoms. The lowest BCUT2D eigenvalue weighted by Gasteiger charge is -2.15. The Morgan fingerprint density at radius 3 is 2.00 bits per heavy atom. The van der Waals surface area contributed by atoms with Crippen molar-refractivity contribution in [1.82, 2.24) is 0 Å². The van der Waals surface area contributed by atoms with E-state index in [2.05, 4.69) is 0 Å². The first kappa shape index (κ1) is 12.6. The highest BCUT2D eigenvalue weighted by Gasteiger charge is 2.23. The Bertz CT molecular complexity index is 394. The largest absolute Gasteiger partial charge is 0.299 e. The van der Waals surface area contributed by atoms with Crippen molar-refractivity contribution in [3.63, 3.8) is 0 Å². The Morgan fingerprint density at radius 1 is 1.06 bits per heavy atom. The van der Waals surface area contributed by atoms with Crippen molar-refractivity contribution in [1.29, 1.82) is 0 Å². The molecular formula is C14H18O2. The highest BCUT2D eigenvalue weighted by Crippen LogP contribution is 2.18. The second-order valence-electron chi connectivity index (χ2n) is 5.14. The minimum Gasteiger partial charge on any atom is -0.299 e. The number of aryl methyl sites for hydroxylation is 1. The van der Waals surface area contributed by atoms with Gasteiger partial charge >= 0.3 is 0 Å². The zero-order valence-electron chi connectivity index (χ0n) is 10.3. The number of carbonyl (C=O) groups excluding carboxylic acids is 2. The molecule has 0 aliphatic carbocycles. The van der Waals surface area contributed by atoms with E-state index in [4.69, 9.17) is 0 Å². The summed E-state index contributed by atoms with van der Waals surface area (Å²) in [5.74, 6) is -0.113. The molecule has 0 aliphatic rings. The minimum absolute atomic E-state index is 0.00738. The monoisotopic (exact) mass is 218 g/mol. The van der Waals surface area contributed by atoms with Gasteiger partial charge in [-0.15, -0.1) is 0 Å². The molecule has 2 heteroatoms. The summed E-state index contributed by atoms with van der Waals surface area (Å²) in [6.45, 7) is 7.46. The Hall–Kier alpha value is -1.44. The van der Waals surface area contributed by atoms with E-state index >= 15 is 0 Å². The van der Waals surface area contributed by atoms with Crippen LogP contribution in [0.1, 0.15) is 43.1 Å². The fourth-order valence-corrected chi connectivity index (χ4v) is 1.25. The van der Waals surface area contributed by atoms with Crippen LogP contribution >= 0.6 is 0 Å². The molecule has 1 aromatic rings. The lowest BCUT2D eigenvalue weighted by atomic mass is 9.87. The summed E-state index contributed by atoms with van der Waals surface area (Å²) in [7, 11) is 0. The maximum absolute atomic E-state index is 11.8. The lowest BCUT2D eigenvalue weighted by molar-refractivity contribution is -0.125. The Labute approximate surface area is 96.7 Å². The third-order valence-corrected chi connectivity index (χ3v) is 2.53. The molecule has 1 rings (SSSR count). The maximum atomic E-state index is 11.8. The van der Waals surface area contributed by atoms with Gasteiger partial charge in [-0.3, -0.25) is 9.59 Å². The minimum atomic E-state index is -0.444. The van der Waals surface area contributed by atoms with Crippen LogP contribution in [0.5, 0.6) is 0 Å². The van der Waals surface area contributed by atoms with E-state index in [1.165, 1.54) is 0 Å². The highest BCUT2D eigenvalue weighted by molar-refractivity contribution is 6.09. The maximum Gasteiger partial charge on any atom is 0.170 e. The molecule has 0 bridgehead atoms. The van der Waals surface area contributed by atoms with Crippen LogP contribution in [-0.2, 0) is 4.79 Å². The zero-order chi connectivity index (χ0) is 12.3. The number of Topliss-reactive ketones (excluding diaryl/α,β-unsaturated/α-hetero) is 2. The van der Waals surface area contributed by atoms with Gasteiger partial charge in [-0.2, -0.15) is 0 Å². The average Bonchev–Trinajstić information content (AvgIpc) is 2.17. The van der Waals surface area contributed by atoms with E-state index in [-0.39, 0.29) is 18.0 Å². The van der Waals surface area contributed by atoms with Crippen LogP contribution in [-0.4, -0.2) is 11.6 Å². The summed E-state index contributed by atoms with van der Waals surface area (Å²) in [6.07, 6.45) is -0.00738. The topological polar surface area (TPSA) is 34.1 Å². The van der Waals surface area contributed by atoms with Crippen molar-refractivity contribution in [2.75, 3.05) is 0 Å². The first-order valence-electron chi connectivity index (χ1n) is 5.44. The molecule has 86 valence electrons. The first-order chi connectivity index (χ1) is 7.30. The summed E-state index contributed by atoms with van der Waals surface area (Å²) in [5, 5.41) is 0. The van der Waals surface area contributed by atoms with Gasteiger partial charge in [0.1, 0.15) is 5.78 Å². The van der Waals surface area contributed by atoms with Crippen molar-refractivity contribution in [2.24, 2.45) is 5.41 Å². The van der Waals surface area contributed by atoms with Crippen LogP contribution in [0, 0.1) is 12.3 Å². The van der Waals surface area contributed by atoms with Crippen LogP contribution in [0.3, 0.4) is 0 Å². The van der Waals surface area contributed by atoms with Gasteiger partial charge in [-0.25, -0.2) is 0 Å². The van der Waals surface area contributed by atoms with E-state index < -0.39 is 5.41 Å². The second kappa shape index (κ2) is 4.60. The van der Waals surface area contributed by atoms with Crippen LogP contribution in [0.4, 0.5) is 0 Å². The molecule has 2 nitrogen and oxygen atoms in total. The third kappa shape index (κ3) is 3.30. The van der Waals surface area contributed by atoms with Crippen molar-refractivity contribution in [2.45, 2.75) is 34.1 Å². The van der Waals surface area contributed by atoms with E-state index in [0.717, 1.165) is 5.56 Å². The molecule has 16 heavy (non-hydrogen) atoms. The summed E-state index contributed by atoms with van der Waals surface area (Å²) in [6, 6.07) is 7.31. The van der Waals surface area contributed by atoms with E-state index in [0.29, 0.717) is 5.56 Å². The first-order valence-corrected chi connectivity index (χ1v) is 5.44. The molecule has 0 saturated heterocycles. The van der Waals surface area contributed by atoms with E-state index in [9.17, 15) is 9.59 Å². The molecule has 0 aliphatic heterocycles. The number of ketones is 2. The van der Waals surface area contributed by atoms with Crippen LogP contribution in [0.2, 0.25) is 0 Å². The van der Waals surface area contributed by atoms with Gasteiger partial charge in [0.05, 0.1) is 6.42 Å². The van der Waals surface area contributed by atoms with Gasteiger partial charge in [0, 0.05) is 11.0 Å². The van der Waals surface area contributed by atoms with Crippen molar-refractivity contribution in [3.05, 3.63) is 35.4 Å². The Balaban J connectivity index is 2.74. The molecule has 0 radical (unpaired) electrons. The predicted molar refractivity (Wildman–Crippen MR) is 64.6 cm³/mol. The summed E-state index contributed by atoms with van der Waals surface area (Å²) >= 11 is 0. The van der Waals surface area contributed by atoms with Crippen molar-refractivity contribution in [3.8, 4) is 0 Å². The fraction of sp³-hybridized carbons (Fsp3) is 0.429. The van der Waals surface area contributed by atoms with Gasteiger partial charge < -0.3 is 0 Å². The standard InChI is InChI=1S/C14H18O2/c1-10-5-7-11(8-6-10)12(15)9-13(16)14(2,3)4/h5-8H,9H2,1-4H3. The molecule has 0 N–H and O–H groups in total. The Kier molecular flexibility index (Phi) is 3.63. The molecule has 0 aromatic heterocycles. The summed E-state index contributed by atoms with van der Waals surface area (Å²) < 4.78 is 0. The van der Waals surface area contributed by atoms with Crippen molar-refractivity contribution < 1.29 is 9.59 Å². The molecule has 0 heterocycles.